The predicted molar refractivity (Wildman–Crippen MR) is 112 cm³/mol. The minimum Gasteiger partial charge on any atom is -0.297 e. The molecule has 0 aromatic carbocycles. The average Bonchev–Trinajstić information content (AvgIpc) is 3.31. The van der Waals surface area contributed by atoms with E-state index in [4.69, 9.17) is 0 Å². The van der Waals surface area contributed by atoms with Gasteiger partial charge >= 0.3 is 0 Å². The van der Waals surface area contributed by atoms with Crippen molar-refractivity contribution in [2.75, 3.05) is 0 Å². The quantitative estimate of drug-likeness (QED) is 0.641. The second kappa shape index (κ2) is 7.33. The number of nitrogens with zero attached hydrogens (tertiary/aromatic N) is 2. The fourth-order valence-electron chi connectivity index (χ4n) is 3.63. The Kier molecular flexibility index (Phi) is 5.01. The van der Waals surface area contributed by atoms with E-state index in [1.54, 1.807) is 0 Å². The number of hydrogen-bond donors (Lipinski definition) is 2. The van der Waals surface area contributed by atoms with Crippen LogP contribution in [0.25, 0.3) is 4.96 Å². The molecule has 148 valence electrons. The first-order valence-corrected chi connectivity index (χ1v) is 11.1. The zero-order valence-corrected chi connectivity index (χ0v) is 17.9. The van der Waals surface area contributed by atoms with Crippen molar-refractivity contribution in [1.29, 1.82) is 0 Å². The van der Waals surface area contributed by atoms with Crippen molar-refractivity contribution in [2.45, 2.75) is 46.5 Å². The topological polar surface area (TPSA) is 75.5 Å². The van der Waals surface area contributed by atoms with Gasteiger partial charge in [-0.05, 0) is 42.2 Å². The molecule has 3 aromatic rings. The Hall–Kier alpha value is -2.19. The minimum absolute atomic E-state index is 0.128. The molecule has 1 unspecified atom stereocenters. The zero-order valence-electron chi connectivity index (χ0n) is 16.2. The third kappa shape index (κ3) is 3.98. The minimum atomic E-state index is -0.284. The van der Waals surface area contributed by atoms with Crippen molar-refractivity contribution >= 4 is 39.4 Å². The maximum atomic E-state index is 12.5. The van der Waals surface area contributed by atoms with E-state index in [9.17, 15) is 9.59 Å². The Bertz CT molecular complexity index is 996. The summed E-state index contributed by atoms with van der Waals surface area (Å²) >= 11 is 3.06. The summed E-state index contributed by atoms with van der Waals surface area (Å²) in [4.78, 5) is 31.8. The largest absolute Gasteiger partial charge is 0.297 e. The SMILES string of the molecule is CC(C)(C)C1CCc2sc(C(=O)NNC(=O)Cc3cn4ccsc4n3)cc2C1. The number of imidazole rings is 1. The first kappa shape index (κ1) is 19.1. The summed E-state index contributed by atoms with van der Waals surface area (Å²) in [6.45, 7) is 6.84. The van der Waals surface area contributed by atoms with Gasteiger partial charge in [0.15, 0.2) is 4.96 Å². The highest BCUT2D eigenvalue weighted by molar-refractivity contribution is 7.15. The van der Waals surface area contributed by atoms with Crippen LogP contribution in [0.5, 0.6) is 0 Å². The number of hydrazine groups is 1. The van der Waals surface area contributed by atoms with Crippen LogP contribution in [0.2, 0.25) is 0 Å². The smallest absolute Gasteiger partial charge is 0.279 e. The molecular formula is C20H24N4O2S2. The molecule has 0 saturated heterocycles. The van der Waals surface area contributed by atoms with Gasteiger partial charge in [0.25, 0.3) is 5.91 Å². The van der Waals surface area contributed by atoms with Gasteiger partial charge in [-0.25, -0.2) is 4.98 Å². The van der Waals surface area contributed by atoms with E-state index in [-0.39, 0.29) is 23.7 Å². The molecule has 1 aliphatic carbocycles. The Morgan fingerprint density at radius 3 is 2.89 bits per heavy atom. The molecule has 0 saturated carbocycles. The van der Waals surface area contributed by atoms with Crippen LogP contribution in [0.1, 0.15) is 53.0 Å². The summed E-state index contributed by atoms with van der Waals surface area (Å²) in [5.41, 5.74) is 7.28. The Balaban J connectivity index is 1.33. The molecule has 4 rings (SSSR count). The number of carbonyl (C=O) groups is 2. The fraction of sp³-hybridized carbons (Fsp3) is 0.450. The molecule has 1 aliphatic rings. The van der Waals surface area contributed by atoms with Gasteiger partial charge in [0, 0.05) is 22.7 Å². The number of thiazole rings is 1. The highest BCUT2D eigenvalue weighted by Crippen LogP contribution is 2.40. The van der Waals surface area contributed by atoms with Crippen molar-refractivity contribution in [1.82, 2.24) is 20.2 Å². The number of fused-ring (bicyclic) bond motifs is 2. The predicted octanol–water partition coefficient (Wildman–Crippen LogP) is 3.61. The lowest BCUT2D eigenvalue weighted by Crippen LogP contribution is -2.42. The van der Waals surface area contributed by atoms with E-state index < -0.39 is 0 Å². The second-order valence-electron chi connectivity index (χ2n) is 8.37. The van der Waals surface area contributed by atoms with Crippen molar-refractivity contribution in [3.8, 4) is 0 Å². The third-order valence-corrected chi connectivity index (χ3v) is 7.34. The molecule has 0 spiro atoms. The number of nitrogens with one attached hydrogen (secondary N) is 2. The van der Waals surface area contributed by atoms with E-state index in [0.29, 0.717) is 16.5 Å². The number of amides is 2. The number of carbonyl (C=O) groups excluding carboxylic acids is 2. The summed E-state index contributed by atoms with van der Waals surface area (Å²) in [5, 5.41) is 1.94. The summed E-state index contributed by atoms with van der Waals surface area (Å²) in [6.07, 6.45) is 7.07. The lowest BCUT2D eigenvalue weighted by atomic mass is 9.72. The van der Waals surface area contributed by atoms with Crippen LogP contribution in [0.4, 0.5) is 0 Å². The van der Waals surface area contributed by atoms with Gasteiger partial charge in [-0.1, -0.05) is 20.8 Å². The molecule has 3 aromatic heterocycles. The molecule has 0 fully saturated rings. The standard InChI is InChI=1S/C20H24N4O2S2/c1-20(2,3)13-4-5-15-12(8-13)9-16(28-15)18(26)23-22-17(25)10-14-11-24-6-7-27-19(24)21-14/h6-7,9,11,13H,4-5,8,10H2,1-3H3,(H,22,25)(H,23,26). The first-order chi connectivity index (χ1) is 13.3. The number of hydrogen-bond acceptors (Lipinski definition) is 5. The van der Waals surface area contributed by atoms with Gasteiger partial charge in [0.2, 0.25) is 5.91 Å². The molecule has 0 aliphatic heterocycles. The van der Waals surface area contributed by atoms with Gasteiger partial charge < -0.3 is 0 Å². The summed E-state index contributed by atoms with van der Waals surface area (Å²) in [6, 6.07) is 1.99. The lowest BCUT2D eigenvalue weighted by molar-refractivity contribution is -0.121. The van der Waals surface area contributed by atoms with Crippen LogP contribution < -0.4 is 10.9 Å². The molecular weight excluding hydrogens is 392 g/mol. The Morgan fingerprint density at radius 2 is 2.14 bits per heavy atom. The van der Waals surface area contributed by atoms with Crippen molar-refractivity contribution in [3.05, 3.63) is 44.9 Å². The maximum Gasteiger partial charge on any atom is 0.279 e. The number of aryl methyl sites for hydroxylation is 1. The van der Waals surface area contributed by atoms with E-state index in [1.165, 1.54) is 33.1 Å². The van der Waals surface area contributed by atoms with Gasteiger partial charge in [-0.3, -0.25) is 24.8 Å². The molecule has 8 heteroatoms. The highest BCUT2D eigenvalue weighted by Gasteiger charge is 2.30. The van der Waals surface area contributed by atoms with Crippen LogP contribution in [0, 0.1) is 11.3 Å². The monoisotopic (exact) mass is 416 g/mol. The van der Waals surface area contributed by atoms with Crippen molar-refractivity contribution in [2.24, 2.45) is 11.3 Å². The van der Waals surface area contributed by atoms with Gasteiger partial charge in [-0.2, -0.15) is 0 Å². The van der Waals surface area contributed by atoms with E-state index in [0.717, 1.165) is 24.2 Å². The molecule has 28 heavy (non-hydrogen) atoms. The van der Waals surface area contributed by atoms with Crippen LogP contribution in [-0.4, -0.2) is 21.2 Å². The van der Waals surface area contributed by atoms with Crippen LogP contribution in [0.15, 0.2) is 23.8 Å². The third-order valence-electron chi connectivity index (χ3n) is 5.33. The molecule has 3 heterocycles. The molecule has 2 amide bonds. The average molecular weight is 417 g/mol. The molecule has 1 atom stereocenters. The van der Waals surface area contributed by atoms with Gasteiger partial charge in [0.1, 0.15) is 0 Å². The fourth-order valence-corrected chi connectivity index (χ4v) is 5.46. The van der Waals surface area contributed by atoms with Crippen LogP contribution >= 0.6 is 22.7 Å². The molecule has 0 radical (unpaired) electrons. The summed E-state index contributed by atoms with van der Waals surface area (Å²) < 4.78 is 1.88. The number of aromatic nitrogens is 2. The Morgan fingerprint density at radius 1 is 1.32 bits per heavy atom. The van der Waals surface area contributed by atoms with Gasteiger partial charge in [-0.15, -0.1) is 22.7 Å². The number of rotatable bonds is 3. The molecule has 2 N–H and O–H groups in total. The summed E-state index contributed by atoms with van der Waals surface area (Å²) in [5.74, 6) is 0.0915. The highest BCUT2D eigenvalue weighted by atomic mass is 32.1. The molecule has 6 nitrogen and oxygen atoms in total. The lowest BCUT2D eigenvalue weighted by Gasteiger charge is -2.33. The van der Waals surface area contributed by atoms with E-state index in [1.807, 2.05) is 28.2 Å². The maximum absolute atomic E-state index is 12.5. The second-order valence-corrected chi connectivity index (χ2v) is 10.4. The summed E-state index contributed by atoms with van der Waals surface area (Å²) in [7, 11) is 0. The van der Waals surface area contributed by atoms with E-state index in [2.05, 4.69) is 36.6 Å². The molecule has 0 bridgehead atoms. The first-order valence-electron chi connectivity index (χ1n) is 9.41. The van der Waals surface area contributed by atoms with Crippen molar-refractivity contribution in [3.63, 3.8) is 0 Å². The van der Waals surface area contributed by atoms with Gasteiger partial charge in [0.05, 0.1) is 17.0 Å². The zero-order chi connectivity index (χ0) is 19.9. The van der Waals surface area contributed by atoms with Crippen LogP contribution in [-0.2, 0) is 24.1 Å². The van der Waals surface area contributed by atoms with Crippen LogP contribution in [0.3, 0.4) is 0 Å². The van der Waals surface area contributed by atoms with Crippen molar-refractivity contribution < 1.29 is 9.59 Å². The van der Waals surface area contributed by atoms with E-state index >= 15 is 0 Å². The number of thiophene rings is 1. The Labute approximate surface area is 172 Å². The normalized spacial score (nSPS) is 16.8.